The minimum Gasteiger partial charge on any atom is -0.439 e. The zero-order chi connectivity index (χ0) is 14.7. The molecular weight excluding hydrogens is 326 g/mol. The lowest BCUT2D eigenvalue weighted by Gasteiger charge is -2.09. The van der Waals surface area contributed by atoms with Gasteiger partial charge in [0.15, 0.2) is 0 Å². The number of benzene rings is 1. The molecule has 6 nitrogen and oxygen atoms in total. The summed E-state index contributed by atoms with van der Waals surface area (Å²) in [6.45, 7) is 1.85. The van der Waals surface area contributed by atoms with E-state index in [0.717, 1.165) is 5.56 Å². The zero-order valence-electron chi connectivity index (χ0n) is 10.6. The maximum atomic E-state index is 10.8. The van der Waals surface area contributed by atoms with Crippen LogP contribution in [0, 0.1) is 10.1 Å². The molecule has 104 valence electrons. The van der Waals surface area contributed by atoms with Crippen molar-refractivity contribution in [3.8, 4) is 11.6 Å². The normalized spacial score (nSPS) is 11.9. The Morgan fingerprint density at radius 2 is 2.15 bits per heavy atom. The van der Waals surface area contributed by atoms with Gasteiger partial charge in [-0.2, -0.15) is 0 Å². The first kappa shape index (κ1) is 14.4. The highest BCUT2D eigenvalue weighted by Gasteiger charge is 2.11. The summed E-state index contributed by atoms with van der Waals surface area (Å²) in [7, 11) is 0. The van der Waals surface area contributed by atoms with Gasteiger partial charge in [0.25, 0.3) is 5.69 Å². The highest BCUT2D eigenvalue weighted by atomic mass is 79.9. The number of hydrogen-bond donors (Lipinski definition) is 1. The summed E-state index contributed by atoms with van der Waals surface area (Å²) in [6, 6.07) is 7.73. The lowest BCUT2D eigenvalue weighted by molar-refractivity contribution is -0.385. The van der Waals surface area contributed by atoms with E-state index in [1.165, 1.54) is 12.1 Å². The molecule has 0 spiro atoms. The van der Waals surface area contributed by atoms with E-state index < -0.39 is 4.92 Å². The van der Waals surface area contributed by atoms with Crippen LogP contribution in [-0.4, -0.2) is 9.91 Å². The Morgan fingerprint density at radius 1 is 1.40 bits per heavy atom. The van der Waals surface area contributed by atoms with Gasteiger partial charge in [0.1, 0.15) is 5.75 Å². The first-order valence-electron chi connectivity index (χ1n) is 5.80. The number of nitro benzene ring substituents is 1. The molecule has 0 aliphatic carbocycles. The van der Waals surface area contributed by atoms with Crippen LogP contribution in [0.5, 0.6) is 11.6 Å². The molecule has 7 heteroatoms. The molecule has 1 atom stereocenters. The fraction of sp³-hybridized carbons (Fsp3) is 0.154. The summed E-state index contributed by atoms with van der Waals surface area (Å²) in [5.74, 6) is 0.674. The molecule has 0 amide bonds. The first-order valence-corrected chi connectivity index (χ1v) is 6.59. The molecule has 0 aliphatic rings. The van der Waals surface area contributed by atoms with E-state index in [0.29, 0.717) is 16.1 Å². The lowest BCUT2D eigenvalue weighted by atomic mass is 10.1. The van der Waals surface area contributed by atoms with Crippen molar-refractivity contribution >= 4 is 21.6 Å². The highest BCUT2D eigenvalue weighted by Crippen LogP contribution is 2.29. The van der Waals surface area contributed by atoms with E-state index >= 15 is 0 Å². The highest BCUT2D eigenvalue weighted by molar-refractivity contribution is 9.10. The van der Waals surface area contributed by atoms with Crippen molar-refractivity contribution in [2.75, 3.05) is 0 Å². The Morgan fingerprint density at radius 3 is 2.80 bits per heavy atom. The maximum absolute atomic E-state index is 10.8. The average molecular weight is 338 g/mol. The molecule has 0 aliphatic heterocycles. The summed E-state index contributed by atoms with van der Waals surface area (Å²) < 4.78 is 6.10. The van der Waals surface area contributed by atoms with Gasteiger partial charge in [0, 0.05) is 28.8 Å². The van der Waals surface area contributed by atoms with Crippen LogP contribution in [-0.2, 0) is 0 Å². The average Bonchev–Trinajstić information content (AvgIpc) is 2.38. The van der Waals surface area contributed by atoms with Gasteiger partial charge in [0.05, 0.1) is 11.0 Å². The van der Waals surface area contributed by atoms with E-state index in [4.69, 9.17) is 10.5 Å². The SMILES string of the molecule is C[C@H](N)c1ccnc(Oc2cc(Br)cc([N+](=O)[O-])c2)c1. The number of rotatable bonds is 4. The Bertz CT molecular complexity index is 647. The molecular formula is C13H12BrN3O3. The summed E-state index contributed by atoms with van der Waals surface area (Å²) in [4.78, 5) is 14.4. The van der Waals surface area contributed by atoms with Crippen molar-refractivity contribution < 1.29 is 9.66 Å². The Labute approximate surface area is 123 Å². The number of nitro groups is 1. The maximum Gasteiger partial charge on any atom is 0.274 e. The van der Waals surface area contributed by atoms with Crippen molar-refractivity contribution in [3.63, 3.8) is 0 Å². The fourth-order valence-electron chi connectivity index (χ4n) is 1.60. The third kappa shape index (κ3) is 3.52. The molecule has 1 aromatic heterocycles. The van der Waals surface area contributed by atoms with Crippen molar-refractivity contribution in [2.24, 2.45) is 5.73 Å². The van der Waals surface area contributed by atoms with Crippen molar-refractivity contribution in [2.45, 2.75) is 13.0 Å². The Kier molecular flexibility index (Phi) is 4.31. The third-order valence-corrected chi connectivity index (χ3v) is 3.03. The molecule has 1 heterocycles. The molecule has 1 aromatic carbocycles. The van der Waals surface area contributed by atoms with Crippen LogP contribution in [0.2, 0.25) is 0 Å². The quantitative estimate of drug-likeness (QED) is 0.680. The van der Waals surface area contributed by atoms with Crippen LogP contribution in [0.3, 0.4) is 0 Å². The molecule has 2 N–H and O–H groups in total. The van der Waals surface area contributed by atoms with Gasteiger partial charge in [-0.3, -0.25) is 10.1 Å². The van der Waals surface area contributed by atoms with Crippen molar-refractivity contribution in [1.29, 1.82) is 0 Å². The number of hydrogen-bond acceptors (Lipinski definition) is 5. The Balaban J connectivity index is 2.30. The van der Waals surface area contributed by atoms with Crippen LogP contribution in [0.4, 0.5) is 5.69 Å². The molecule has 2 rings (SSSR count). The van der Waals surface area contributed by atoms with Crippen LogP contribution in [0.15, 0.2) is 41.0 Å². The lowest BCUT2D eigenvalue weighted by Crippen LogP contribution is -2.05. The second-order valence-corrected chi connectivity index (χ2v) is 5.14. The Hall–Kier alpha value is -1.99. The standard InChI is InChI=1S/C13H12BrN3O3/c1-8(15)9-2-3-16-13(4-9)20-12-6-10(14)5-11(7-12)17(18)19/h2-8H,15H2,1H3/t8-/m0/s1. The van der Waals surface area contributed by atoms with Gasteiger partial charge in [0.2, 0.25) is 5.88 Å². The summed E-state index contributed by atoms with van der Waals surface area (Å²) in [5.41, 5.74) is 6.60. The van der Waals surface area contributed by atoms with Crippen LogP contribution in [0.25, 0.3) is 0 Å². The first-order chi connectivity index (χ1) is 9.45. The van der Waals surface area contributed by atoms with Crippen molar-refractivity contribution in [1.82, 2.24) is 4.98 Å². The van der Waals surface area contributed by atoms with Gasteiger partial charge in [-0.05, 0) is 24.6 Å². The van der Waals surface area contributed by atoms with Gasteiger partial charge >= 0.3 is 0 Å². The second-order valence-electron chi connectivity index (χ2n) is 4.22. The summed E-state index contributed by atoms with van der Waals surface area (Å²) in [5, 5.41) is 10.8. The zero-order valence-corrected chi connectivity index (χ0v) is 12.2. The van der Waals surface area contributed by atoms with Gasteiger partial charge in [-0.15, -0.1) is 0 Å². The molecule has 0 fully saturated rings. The molecule has 0 saturated carbocycles. The molecule has 0 radical (unpaired) electrons. The van der Waals surface area contributed by atoms with Gasteiger partial charge in [-0.1, -0.05) is 15.9 Å². The minimum absolute atomic E-state index is 0.0577. The van der Waals surface area contributed by atoms with E-state index in [2.05, 4.69) is 20.9 Å². The number of non-ortho nitro benzene ring substituents is 1. The number of halogens is 1. The summed E-state index contributed by atoms with van der Waals surface area (Å²) in [6.07, 6.45) is 1.58. The van der Waals surface area contributed by atoms with E-state index in [-0.39, 0.29) is 11.7 Å². The number of nitrogens with zero attached hydrogens (tertiary/aromatic N) is 2. The van der Waals surface area contributed by atoms with Gasteiger partial charge < -0.3 is 10.5 Å². The molecule has 0 unspecified atom stereocenters. The number of ether oxygens (including phenoxy) is 1. The minimum atomic E-state index is -0.483. The van der Waals surface area contributed by atoms with Crippen LogP contribution >= 0.6 is 15.9 Å². The topological polar surface area (TPSA) is 91.3 Å². The summed E-state index contributed by atoms with van der Waals surface area (Å²) >= 11 is 3.21. The fourth-order valence-corrected chi connectivity index (χ4v) is 2.06. The monoisotopic (exact) mass is 337 g/mol. The largest absolute Gasteiger partial charge is 0.439 e. The predicted octanol–water partition coefficient (Wildman–Crippen LogP) is 3.56. The number of nitrogens with two attached hydrogens (primary N) is 1. The predicted molar refractivity (Wildman–Crippen MR) is 77.7 cm³/mol. The number of pyridine rings is 1. The smallest absolute Gasteiger partial charge is 0.274 e. The van der Waals surface area contributed by atoms with Crippen LogP contribution < -0.4 is 10.5 Å². The van der Waals surface area contributed by atoms with E-state index in [1.54, 1.807) is 24.4 Å². The van der Waals surface area contributed by atoms with E-state index in [9.17, 15) is 10.1 Å². The third-order valence-electron chi connectivity index (χ3n) is 2.57. The van der Waals surface area contributed by atoms with Gasteiger partial charge in [-0.25, -0.2) is 4.98 Å². The molecule has 2 aromatic rings. The second kappa shape index (κ2) is 5.98. The molecule has 20 heavy (non-hydrogen) atoms. The molecule has 0 bridgehead atoms. The van der Waals surface area contributed by atoms with E-state index in [1.807, 2.05) is 6.92 Å². The molecule has 0 saturated heterocycles. The number of aromatic nitrogens is 1. The van der Waals surface area contributed by atoms with Crippen LogP contribution in [0.1, 0.15) is 18.5 Å². The van der Waals surface area contributed by atoms with Crippen molar-refractivity contribution in [3.05, 3.63) is 56.7 Å².